The van der Waals surface area contributed by atoms with Crippen LogP contribution < -0.4 is 5.32 Å². The Bertz CT molecular complexity index is 808. The molecule has 6 nitrogen and oxygen atoms in total. The van der Waals surface area contributed by atoms with Gasteiger partial charge in [0.15, 0.2) is 0 Å². The highest BCUT2D eigenvalue weighted by Crippen LogP contribution is 2.26. The molecule has 0 fully saturated rings. The highest BCUT2D eigenvalue weighted by atomic mass is 32.2. The number of fused-ring (bicyclic) bond motifs is 1. The van der Waals surface area contributed by atoms with Gasteiger partial charge in [-0.05, 0) is 36.8 Å². The van der Waals surface area contributed by atoms with Gasteiger partial charge in [-0.2, -0.15) is 0 Å². The topological polar surface area (TPSA) is 95.9 Å². The van der Waals surface area contributed by atoms with Gasteiger partial charge in [-0.25, -0.2) is 4.79 Å². The van der Waals surface area contributed by atoms with Gasteiger partial charge in [0, 0.05) is 24.8 Å². The SMILES string of the molecule is CCCCCSC(=O)N/C=C/CC1CC(O)C(C)C/C=C\Cc2cccc(O)c2C(=O)O1. The molecule has 1 aliphatic heterocycles. The number of esters is 1. The van der Waals surface area contributed by atoms with E-state index in [0.717, 1.165) is 25.0 Å². The number of thioether (sulfide) groups is 1. The van der Waals surface area contributed by atoms with Gasteiger partial charge in [-0.3, -0.25) is 4.79 Å². The van der Waals surface area contributed by atoms with E-state index in [-0.39, 0.29) is 28.9 Å². The second kappa shape index (κ2) is 14.0. The third-order valence-corrected chi connectivity index (χ3v) is 6.35. The molecule has 1 aromatic carbocycles. The highest BCUT2D eigenvalue weighted by Gasteiger charge is 2.25. The summed E-state index contributed by atoms with van der Waals surface area (Å²) in [6.07, 6.45) is 11.1. The summed E-state index contributed by atoms with van der Waals surface area (Å²) < 4.78 is 5.70. The third-order valence-electron chi connectivity index (χ3n) is 5.48. The lowest BCUT2D eigenvalue weighted by atomic mass is 9.94. The molecular weight excluding hydrogens is 426 g/mol. The van der Waals surface area contributed by atoms with Crippen LogP contribution in [-0.2, 0) is 11.2 Å². The molecule has 32 heavy (non-hydrogen) atoms. The van der Waals surface area contributed by atoms with Crippen LogP contribution >= 0.6 is 11.8 Å². The lowest BCUT2D eigenvalue weighted by Crippen LogP contribution is -2.28. The van der Waals surface area contributed by atoms with Gasteiger partial charge in [-0.1, -0.05) is 68.8 Å². The van der Waals surface area contributed by atoms with Crippen molar-refractivity contribution in [2.24, 2.45) is 5.92 Å². The maximum Gasteiger partial charge on any atom is 0.342 e. The quantitative estimate of drug-likeness (QED) is 0.288. The van der Waals surface area contributed by atoms with Crippen molar-refractivity contribution in [2.75, 3.05) is 5.75 Å². The Morgan fingerprint density at radius 3 is 2.91 bits per heavy atom. The van der Waals surface area contributed by atoms with Crippen molar-refractivity contribution < 1.29 is 24.5 Å². The molecule has 1 amide bonds. The van der Waals surface area contributed by atoms with Crippen molar-refractivity contribution in [1.29, 1.82) is 0 Å². The largest absolute Gasteiger partial charge is 0.507 e. The number of hydrogen-bond donors (Lipinski definition) is 3. The van der Waals surface area contributed by atoms with Crippen LogP contribution in [0.2, 0.25) is 0 Å². The van der Waals surface area contributed by atoms with Gasteiger partial charge in [0.25, 0.3) is 5.24 Å². The number of phenolic OH excluding ortho intramolecular Hbond substituents is 1. The number of aliphatic hydroxyl groups is 1. The van der Waals surface area contributed by atoms with Crippen molar-refractivity contribution in [2.45, 2.75) is 71.0 Å². The molecule has 2 rings (SSSR count). The molecule has 0 aromatic heterocycles. The van der Waals surface area contributed by atoms with Gasteiger partial charge in [0.2, 0.25) is 0 Å². The van der Waals surface area contributed by atoms with Crippen molar-refractivity contribution in [3.63, 3.8) is 0 Å². The Hall–Kier alpha value is -2.25. The number of unbranched alkanes of at least 4 members (excludes halogenated alkanes) is 2. The zero-order chi connectivity index (χ0) is 23.3. The van der Waals surface area contributed by atoms with Gasteiger partial charge in [0.1, 0.15) is 17.4 Å². The minimum absolute atomic E-state index is 0.0127. The van der Waals surface area contributed by atoms with Crippen LogP contribution in [0.3, 0.4) is 0 Å². The number of aliphatic hydroxyl groups excluding tert-OH is 1. The predicted octanol–water partition coefficient (Wildman–Crippen LogP) is 5.34. The van der Waals surface area contributed by atoms with E-state index in [9.17, 15) is 19.8 Å². The summed E-state index contributed by atoms with van der Waals surface area (Å²) >= 11 is 1.25. The van der Waals surface area contributed by atoms with Crippen LogP contribution in [0, 0.1) is 5.92 Å². The molecule has 176 valence electrons. The van der Waals surface area contributed by atoms with Gasteiger partial charge in [0.05, 0.1) is 6.10 Å². The summed E-state index contributed by atoms with van der Waals surface area (Å²) in [6.45, 7) is 4.09. The highest BCUT2D eigenvalue weighted by molar-refractivity contribution is 8.13. The van der Waals surface area contributed by atoms with E-state index in [2.05, 4.69) is 12.2 Å². The molecular formula is C25H35NO5S. The molecule has 1 aromatic rings. The number of ether oxygens (including phenoxy) is 1. The van der Waals surface area contributed by atoms with E-state index in [1.54, 1.807) is 24.4 Å². The Labute approximate surface area is 195 Å². The standard InChI is InChI=1S/C25H35NO5S/c1-3-4-7-16-32-25(30)26-15-9-13-20-17-22(28)18(2)10-5-6-11-19-12-8-14-21(27)23(19)24(29)31-20/h5-6,8-9,12,14-15,18,20,22,27-28H,3-4,7,10-11,13,16-17H2,1-2H3,(H,26,30)/b6-5-,15-9+. The number of cyclic esters (lactones) is 1. The molecule has 3 unspecified atom stereocenters. The first kappa shape index (κ1) is 26.0. The van der Waals surface area contributed by atoms with Crippen LogP contribution in [0.4, 0.5) is 4.79 Å². The second-order valence-electron chi connectivity index (χ2n) is 8.16. The molecule has 3 N–H and O–H groups in total. The zero-order valence-corrected chi connectivity index (χ0v) is 19.8. The first-order valence-corrected chi connectivity index (χ1v) is 12.3. The van der Waals surface area contributed by atoms with E-state index in [1.165, 1.54) is 17.8 Å². The Morgan fingerprint density at radius 2 is 2.12 bits per heavy atom. The zero-order valence-electron chi connectivity index (χ0n) is 19.0. The molecule has 0 spiro atoms. The van der Waals surface area contributed by atoms with E-state index in [4.69, 9.17) is 4.74 Å². The summed E-state index contributed by atoms with van der Waals surface area (Å²) in [7, 11) is 0. The summed E-state index contributed by atoms with van der Waals surface area (Å²) in [5.74, 6) is 0.0722. The first-order valence-electron chi connectivity index (χ1n) is 11.4. The minimum atomic E-state index is -0.641. The number of carbonyl (C=O) groups excluding carboxylic acids is 2. The van der Waals surface area contributed by atoms with Crippen molar-refractivity contribution in [3.05, 3.63) is 53.8 Å². The molecule has 0 radical (unpaired) electrons. The minimum Gasteiger partial charge on any atom is -0.507 e. The molecule has 7 heteroatoms. The third kappa shape index (κ3) is 8.71. The number of amides is 1. The van der Waals surface area contributed by atoms with Crippen LogP contribution in [0.5, 0.6) is 5.75 Å². The van der Waals surface area contributed by atoms with E-state index < -0.39 is 18.2 Å². The van der Waals surface area contributed by atoms with E-state index in [1.807, 2.05) is 19.1 Å². The predicted molar refractivity (Wildman–Crippen MR) is 129 cm³/mol. The molecule has 0 saturated carbocycles. The van der Waals surface area contributed by atoms with Gasteiger partial charge >= 0.3 is 5.97 Å². The summed E-state index contributed by atoms with van der Waals surface area (Å²) in [5.41, 5.74) is 0.854. The van der Waals surface area contributed by atoms with Crippen LogP contribution in [0.25, 0.3) is 0 Å². The van der Waals surface area contributed by atoms with Gasteiger partial charge in [-0.15, -0.1) is 0 Å². The number of allylic oxidation sites excluding steroid dienone is 2. The number of benzene rings is 1. The monoisotopic (exact) mass is 461 g/mol. The summed E-state index contributed by atoms with van der Waals surface area (Å²) in [4.78, 5) is 24.7. The van der Waals surface area contributed by atoms with Crippen molar-refractivity contribution in [1.82, 2.24) is 5.32 Å². The number of rotatable bonds is 7. The maximum absolute atomic E-state index is 12.9. The number of hydrogen-bond acceptors (Lipinski definition) is 6. The average Bonchev–Trinajstić information content (AvgIpc) is 2.76. The normalized spacial score (nSPS) is 23.0. The number of phenols is 1. The fourth-order valence-corrected chi connectivity index (χ4v) is 4.17. The molecule has 0 saturated heterocycles. The lowest BCUT2D eigenvalue weighted by molar-refractivity contribution is 0.00679. The molecule has 0 bridgehead atoms. The van der Waals surface area contributed by atoms with Crippen molar-refractivity contribution in [3.8, 4) is 5.75 Å². The molecule has 3 atom stereocenters. The number of aromatic hydroxyl groups is 1. The second-order valence-corrected chi connectivity index (χ2v) is 9.22. The molecule has 1 aliphatic rings. The summed E-state index contributed by atoms with van der Waals surface area (Å²) in [6, 6.07) is 4.97. The fraction of sp³-hybridized carbons (Fsp3) is 0.520. The first-order chi connectivity index (χ1) is 15.4. The smallest absolute Gasteiger partial charge is 0.342 e. The van der Waals surface area contributed by atoms with Crippen LogP contribution in [0.1, 0.15) is 68.3 Å². The van der Waals surface area contributed by atoms with Crippen LogP contribution in [0.15, 0.2) is 42.6 Å². The fourth-order valence-electron chi connectivity index (χ4n) is 3.48. The Balaban J connectivity index is 2.05. The van der Waals surface area contributed by atoms with E-state index in [0.29, 0.717) is 24.8 Å². The lowest BCUT2D eigenvalue weighted by Gasteiger charge is -2.24. The Morgan fingerprint density at radius 1 is 1.31 bits per heavy atom. The Kier molecular flexibility index (Phi) is 11.4. The van der Waals surface area contributed by atoms with E-state index >= 15 is 0 Å². The number of carbonyl (C=O) groups is 2. The van der Waals surface area contributed by atoms with Crippen LogP contribution in [-0.4, -0.2) is 39.4 Å². The van der Waals surface area contributed by atoms with Crippen molar-refractivity contribution >= 4 is 23.0 Å². The molecule has 0 aliphatic carbocycles. The summed E-state index contributed by atoms with van der Waals surface area (Å²) in [5, 5.41) is 23.4. The van der Waals surface area contributed by atoms with Gasteiger partial charge < -0.3 is 20.3 Å². The average molecular weight is 462 g/mol. The molecule has 1 heterocycles. The number of nitrogens with one attached hydrogen (secondary N) is 1. The maximum atomic E-state index is 12.9.